The van der Waals surface area contributed by atoms with Crippen LogP contribution in [0.3, 0.4) is 0 Å². The van der Waals surface area contributed by atoms with Crippen molar-refractivity contribution in [3.05, 3.63) is 64.7 Å². The van der Waals surface area contributed by atoms with Gasteiger partial charge in [-0.3, -0.25) is 9.59 Å². The van der Waals surface area contributed by atoms with Gasteiger partial charge in [-0.25, -0.2) is 0 Å². The van der Waals surface area contributed by atoms with Gasteiger partial charge in [0.05, 0.1) is 11.3 Å². The summed E-state index contributed by atoms with van der Waals surface area (Å²) in [6, 6.07) is 13.6. The molecule has 6 heteroatoms. The van der Waals surface area contributed by atoms with E-state index in [4.69, 9.17) is 11.6 Å². The number of piperidine rings is 1. The van der Waals surface area contributed by atoms with E-state index >= 15 is 0 Å². The average molecular weight is 372 g/mol. The molecule has 136 valence electrons. The van der Waals surface area contributed by atoms with Crippen LogP contribution in [0.15, 0.2) is 48.5 Å². The van der Waals surface area contributed by atoms with Crippen molar-refractivity contribution < 1.29 is 9.59 Å². The summed E-state index contributed by atoms with van der Waals surface area (Å²) in [6.45, 7) is 2.60. The number of para-hydroxylation sites is 1. The number of carbonyl (C=O) groups is 2. The van der Waals surface area contributed by atoms with Crippen molar-refractivity contribution in [3.8, 4) is 0 Å². The van der Waals surface area contributed by atoms with Crippen molar-refractivity contribution >= 4 is 29.1 Å². The van der Waals surface area contributed by atoms with Crippen molar-refractivity contribution in [2.45, 2.75) is 12.8 Å². The molecule has 3 rings (SSSR count). The highest BCUT2D eigenvalue weighted by atomic mass is 35.5. The van der Waals surface area contributed by atoms with Crippen LogP contribution in [0.1, 0.15) is 33.6 Å². The second kappa shape index (κ2) is 8.83. The molecular formula is C20H22ClN3O2. The maximum absolute atomic E-state index is 12.6. The summed E-state index contributed by atoms with van der Waals surface area (Å²) in [4.78, 5) is 25.0. The minimum atomic E-state index is -0.279. The predicted octanol–water partition coefficient (Wildman–Crippen LogP) is 3.32. The number of amides is 2. The van der Waals surface area contributed by atoms with Gasteiger partial charge in [0.2, 0.25) is 0 Å². The van der Waals surface area contributed by atoms with Gasteiger partial charge >= 0.3 is 0 Å². The van der Waals surface area contributed by atoms with Gasteiger partial charge in [-0.05, 0) is 68.2 Å². The fourth-order valence-corrected chi connectivity index (χ4v) is 3.14. The number of carbonyl (C=O) groups excluding carboxylic acids is 2. The summed E-state index contributed by atoms with van der Waals surface area (Å²) < 4.78 is 0. The lowest BCUT2D eigenvalue weighted by molar-refractivity contribution is 0.0945. The number of rotatable bonds is 5. The standard InChI is InChI=1S/C20H22ClN3O2/c21-16-9-7-15(8-10-16)19(25)24-18-6-2-1-5-17(18)20(26)23-13-14-4-3-11-22-12-14/h1-2,5-10,14,22H,3-4,11-13H2,(H,23,26)(H,24,25). The second-order valence-corrected chi connectivity index (χ2v) is 6.87. The molecule has 0 spiro atoms. The lowest BCUT2D eigenvalue weighted by Gasteiger charge is -2.23. The Morgan fingerprint density at radius 2 is 1.85 bits per heavy atom. The first-order chi connectivity index (χ1) is 12.6. The van der Waals surface area contributed by atoms with E-state index in [2.05, 4.69) is 16.0 Å². The van der Waals surface area contributed by atoms with Gasteiger partial charge in [0.15, 0.2) is 0 Å². The fourth-order valence-electron chi connectivity index (χ4n) is 3.02. The molecule has 2 aromatic carbocycles. The quantitative estimate of drug-likeness (QED) is 0.755. The highest BCUT2D eigenvalue weighted by Gasteiger charge is 2.17. The monoisotopic (exact) mass is 371 g/mol. The SMILES string of the molecule is O=C(Nc1ccccc1C(=O)NCC1CCCNC1)c1ccc(Cl)cc1. The van der Waals surface area contributed by atoms with Crippen molar-refractivity contribution in [1.29, 1.82) is 0 Å². The Morgan fingerprint density at radius 3 is 2.58 bits per heavy atom. The molecule has 1 heterocycles. The molecule has 1 atom stereocenters. The molecule has 26 heavy (non-hydrogen) atoms. The lowest BCUT2D eigenvalue weighted by atomic mass is 9.99. The summed E-state index contributed by atoms with van der Waals surface area (Å²) in [5, 5.41) is 9.70. The van der Waals surface area contributed by atoms with Crippen LogP contribution < -0.4 is 16.0 Å². The van der Waals surface area contributed by atoms with Crippen LogP contribution in [-0.4, -0.2) is 31.4 Å². The smallest absolute Gasteiger partial charge is 0.255 e. The fraction of sp³-hybridized carbons (Fsp3) is 0.300. The summed E-state index contributed by atoms with van der Waals surface area (Å²) in [6.07, 6.45) is 2.25. The minimum Gasteiger partial charge on any atom is -0.352 e. The van der Waals surface area contributed by atoms with Crippen LogP contribution in [0.25, 0.3) is 0 Å². The van der Waals surface area contributed by atoms with Crippen molar-refractivity contribution in [3.63, 3.8) is 0 Å². The Hall–Kier alpha value is -2.37. The van der Waals surface area contributed by atoms with E-state index in [9.17, 15) is 9.59 Å². The molecule has 1 aliphatic rings. The van der Waals surface area contributed by atoms with Gasteiger partial charge in [0.1, 0.15) is 0 Å². The highest BCUT2D eigenvalue weighted by molar-refractivity contribution is 6.30. The van der Waals surface area contributed by atoms with Crippen LogP contribution in [0, 0.1) is 5.92 Å². The van der Waals surface area contributed by atoms with Crippen molar-refractivity contribution in [2.24, 2.45) is 5.92 Å². The average Bonchev–Trinajstić information content (AvgIpc) is 2.68. The highest BCUT2D eigenvalue weighted by Crippen LogP contribution is 2.18. The van der Waals surface area contributed by atoms with Crippen molar-refractivity contribution in [1.82, 2.24) is 10.6 Å². The summed E-state index contributed by atoms with van der Waals surface area (Å²) in [5.41, 5.74) is 1.43. The van der Waals surface area contributed by atoms with E-state index in [0.717, 1.165) is 25.9 Å². The molecule has 1 saturated heterocycles. The molecule has 0 bridgehead atoms. The van der Waals surface area contributed by atoms with E-state index in [1.807, 2.05) is 0 Å². The number of hydrogen-bond acceptors (Lipinski definition) is 3. The van der Waals surface area contributed by atoms with E-state index in [1.165, 1.54) is 0 Å². The zero-order chi connectivity index (χ0) is 18.4. The van der Waals surface area contributed by atoms with E-state index in [0.29, 0.717) is 34.3 Å². The topological polar surface area (TPSA) is 70.2 Å². The van der Waals surface area contributed by atoms with Gasteiger partial charge < -0.3 is 16.0 Å². The molecular weight excluding hydrogens is 350 g/mol. The maximum atomic E-state index is 12.6. The number of hydrogen-bond donors (Lipinski definition) is 3. The van der Waals surface area contributed by atoms with Gasteiger partial charge in [-0.2, -0.15) is 0 Å². The molecule has 1 unspecified atom stereocenters. The Morgan fingerprint density at radius 1 is 1.08 bits per heavy atom. The Balaban J connectivity index is 1.66. The third kappa shape index (κ3) is 4.84. The first-order valence-corrected chi connectivity index (χ1v) is 9.16. The minimum absolute atomic E-state index is 0.178. The first kappa shape index (κ1) is 18.4. The molecule has 5 nitrogen and oxygen atoms in total. The Kier molecular flexibility index (Phi) is 6.26. The molecule has 1 fully saturated rings. The normalized spacial score (nSPS) is 16.7. The molecule has 0 aromatic heterocycles. The Labute approximate surface area is 158 Å². The molecule has 2 aromatic rings. The largest absolute Gasteiger partial charge is 0.352 e. The van der Waals surface area contributed by atoms with Crippen LogP contribution in [0.4, 0.5) is 5.69 Å². The zero-order valence-corrected chi connectivity index (χ0v) is 15.2. The zero-order valence-electron chi connectivity index (χ0n) is 14.4. The summed E-state index contributed by atoms with van der Waals surface area (Å²) in [5.74, 6) is -0.00972. The number of nitrogens with one attached hydrogen (secondary N) is 3. The summed E-state index contributed by atoms with van der Waals surface area (Å²) >= 11 is 5.85. The van der Waals surface area contributed by atoms with Crippen LogP contribution >= 0.6 is 11.6 Å². The van der Waals surface area contributed by atoms with Crippen LogP contribution in [-0.2, 0) is 0 Å². The van der Waals surface area contributed by atoms with Gasteiger partial charge in [0.25, 0.3) is 11.8 Å². The molecule has 3 N–H and O–H groups in total. The van der Waals surface area contributed by atoms with E-state index in [1.54, 1.807) is 48.5 Å². The number of anilines is 1. The molecule has 0 saturated carbocycles. The lowest BCUT2D eigenvalue weighted by Crippen LogP contribution is -2.38. The summed E-state index contributed by atoms with van der Waals surface area (Å²) in [7, 11) is 0. The molecule has 0 radical (unpaired) electrons. The number of benzene rings is 2. The van der Waals surface area contributed by atoms with Gasteiger partial charge in [0, 0.05) is 17.1 Å². The number of halogens is 1. The second-order valence-electron chi connectivity index (χ2n) is 6.43. The first-order valence-electron chi connectivity index (χ1n) is 8.78. The molecule has 1 aliphatic heterocycles. The molecule has 2 amide bonds. The maximum Gasteiger partial charge on any atom is 0.255 e. The third-order valence-corrected chi connectivity index (χ3v) is 4.73. The van der Waals surface area contributed by atoms with Gasteiger partial charge in [-0.1, -0.05) is 23.7 Å². The third-order valence-electron chi connectivity index (χ3n) is 4.48. The van der Waals surface area contributed by atoms with Crippen LogP contribution in [0.5, 0.6) is 0 Å². The Bertz CT molecular complexity index is 771. The van der Waals surface area contributed by atoms with E-state index in [-0.39, 0.29) is 11.8 Å². The van der Waals surface area contributed by atoms with Crippen molar-refractivity contribution in [2.75, 3.05) is 25.0 Å². The predicted molar refractivity (Wildman–Crippen MR) is 104 cm³/mol. The van der Waals surface area contributed by atoms with E-state index < -0.39 is 0 Å². The van der Waals surface area contributed by atoms with Gasteiger partial charge in [-0.15, -0.1) is 0 Å². The van der Waals surface area contributed by atoms with Crippen LogP contribution in [0.2, 0.25) is 5.02 Å². The molecule has 0 aliphatic carbocycles.